The average Bonchev–Trinajstić information content (AvgIpc) is 2.45. The molecular weight excluding hydrogens is 276 g/mol. The highest BCUT2D eigenvalue weighted by molar-refractivity contribution is 5.68. The van der Waals surface area contributed by atoms with Crippen LogP contribution in [-0.2, 0) is 11.2 Å². The first-order valence-electron chi connectivity index (χ1n) is 8.16. The average molecular weight is 304 g/mol. The van der Waals surface area contributed by atoms with Crippen molar-refractivity contribution in [3.8, 4) is 0 Å². The summed E-state index contributed by atoms with van der Waals surface area (Å²) in [6.45, 7) is 7.33. The Kier molecular flexibility index (Phi) is 5.33. The molecule has 22 heavy (non-hydrogen) atoms. The second kappa shape index (κ2) is 7.03. The molecule has 1 saturated heterocycles. The number of amides is 1. The normalized spacial score (nSPS) is 16.6. The first-order valence-corrected chi connectivity index (χ1v) is 8.16. The van der Waals surface area contributed by atoms with E-state index in [2.05, 4.69) is 12.1 Å². The number of aryl methyl sites for hydroxylation is 1. The molecule has 1 aliphatic rings. The van der Waals surface area contributed by atoms with Crippen molar-refractivity contribution in [3.63, 3.8) is 0 Å². The van der Waals surface area contributed by atoms with Gasteiger partial charge in [0.2, 0.25) is 0 Å². The van der Waals surface area contributed by atoms with E-state index >= 15 is 0 Å². The van der Waals surface area contributed by atoms with Gasteiger partial charge in [-0.05, 0) is 70.1 Å². The zero-order chi connectivity index (χ0) is 16.2. The molecule has 0 saturated carbocycles. The van der Waals surface area contributed by atoms with Gasteiger partial charge in [0.25, 0.3) is 0 Å². The molecule has 0 aliphatic carbocycles. The molecule has 1 amide bonds. The van der Waals surface area contributed by atoms with Gasteiger partial charge in [0.1, 0.15) is 5.60 Å². The molecular formula is C18H28N2O2. The Morgan fingerprint density at radius 2 is 1.82 bits per heavy atom. The summed E-state index contributed by atoms with van der Waals surface area (Å²) < 4.78 is 5.43. The van der Waals surface area contributed by atoms with Crippen LogP contribution >= 0.6 is 0 Å². The first kappa shape index (κ1) is 16.7. The Labute approximate surface area is 133 Å². The summed E-state index contributed by atoms with van der Waals surface area (Å²) in [5, 5.41) is 0. The van der Waals surface area contributed by atoms with E-state index in [1.807, 2.05) is 37.8 Å². The zero-order valence-corrected chi connectivity index (χ0v) is 14.0. The molecule has 0 aromatic heterocycles. The molecule has 0 atom stereocenters. The van der Waals surface area contributed by atoms with Gasteiger partial charge in [-0.25, -0.2) is 4.79 Å². The third-order valence-electron chi connectivity index (χ3n) is 4.09. The van der Waals surface area contributed by atoms with Gasteiger partial charge in [0.15, 0.2) is 0 Å². The standard InChI is InChI=1S/C18H28N2O2/c1-18(2,3)22-17(21)20-12-10-15(11-13-20)5-4-14-6-8-16(19)9-7-14/h6-9,15H,4-5,10-13,19H2,1-3H3. The van der Waals surface area contributed by atoms with E-state index in [4.69, 9.17) is 10.5 Å². The maximum absolute atomic E-state index is 12.0. The van der Waals surface area contributed by atoms with Crippen LogP contribution in [-0.4, -0.2) is 29.7 Å². The summed E-state index contributed by atoms with van der Waals surface area (Å²) >= 11 is 0. The molecule has 0 spiro atoms. The van der Waals surface area contributed by atoms with Gasteiger partial charge < -0.3 is 15.4 Å². The first-order chi connectivity index (χ1) is 10.3. The van der Waals surface area contributed by atoms with Gasteiger partial charge in [0, 0.05) is 18.8 Å². The van der Waals surface area contributed by atoms with E-state index in [1.165, 1.54) is 12.0 Å². The second-order valence-corrected chi connectivity index (χ2v) is 7.19. The monoisotopic (exact) mass is 304 g/mol. The molecule has 2 N–H and O–H groups in total. The Balaban J connectivity index is 1.73. The zero-order valence-electron chi connectivity index (χ0n) is 14.0. The third-order valence-corrected chi connectivity index (χ3v) is 4.09. The quantitative estimate of drug-likeness (QED) is 0.863. The van der Waals surface area contributed by atoms with Gasteiger partial charge in [-0.1, -0.05) is 12.1 Å². The molecule has 122 valence electrons. The number of piperidine rings is 1. The lowest BCUT2D eigenvalue weighted by Gasteiger charge is -2.33. The van der Waals surface area contributed by atoms with Crippen molar-refractivity contribution in [2.24, 2.45) is 5.92 Å². The Morgan fingerprint density at radius 3 is 2.36 bits per heavy atom. The second-order valence-electron chi connectivity index (χ2n) is 7.19. The van der Waals surface area contributed by atoms with E-state index in [9.17, 15) is 4.79 Å². The summed E-state index contributed by atoms with van der Waals surface area (Å²) in [5.74, 6) is 0.691. The molecule has 4 heteroatoms. The van der Waals surface area contributed by atoms with Crippen molar-refractivity contribution in [2.75, 3.05) is 18.8 Å². The third kappa shape index (κ3) is 5.24. The highest BCUT2D eigenvalue weighted by atomic mass is 16.6. The van der Waals surface area contributed by atoms with E-state index in [0.717, 1.165) is 38.0 Å². The number of benzene rings is 1. The minimum Gasteiger partial charge on any atom is -0.444 e. The van der Waals surface area contributed by atoms with Crippen molar-refractivity contribution in [1.82, 2.24) is 4.90 Å². The molecule has 1 aromatic carbocycles. The van der Waals surface area contributed by atoms with Crippen molar-refractivity contribution >= 4 is 11.8 Å². The fraction of sp³-hybridized carbons (Fsp3) is 0.611. The fourth-order valence-corrected chi connectivity index (χ4v) is 2.79. The number of likely N-dealkylation sites (tertiary alicyclic amines) is 1. The van der Waals surface area contributed by atoms with E-state index in [0.29, 0.717) is 5.92 Å². The Hall–Kier alpha value is -1.71. The molecule has 0 radical (unpaired) electrons. The lowest BCUT2D eigenvalue weighted by Crippen LogP contribution is -2.41. The van der Waals surface area contributed by atoms with Crippen LogP contribution in [0.4, 0.5) is 10.5 Å². The number of ether oxygens (including phenoxy) is 1. The smallest absolute Gasteiger partial charge is 0.410 e. The van der Waals surface area contributed by atoms with Gasteiger partial charge in [-0.2, -0.15) is 0 Å². The minimum absolute atomic E-state index is 0.176. The largest absolute Gasteiger partial charge is 0.444 e. The summed E-state index contributed by atoms with van der Waals surface area (Å²) in [4.78, 5) is 13.9. The van der Waals surface area contributed by atoms with Crippen LogP contribution in [0, 0.1) is 5.92 Å². The highest BCUT2D eigenvalue weighted by Gasteiger charge is 2.26. The van der Waals surface area contributed by atoms with Crippen LogP contribution in [0.3, 0.4) is 0 Å². The maximum Gasteiger partial charge on any atom is 0.410 e. The lowest BCUT2D eigenvalue weighted by molar-refractivity contribution is 0.0181. The number of carbonyl (C=O) groups excluding carboxylic acids is 1. The van der Waals surface area contributed by atoms with E-state index in [1.54, 1.807) is 0 Å². The van der Waals surface area contributed by atoms with E-state index in [-0.39, 0.29) is 6.09 Å². The number of anilines is 1. The summed E-state index contributed by atoms with van der Waals surface area (Å²) in [6.07, 6.45) is 4.20. The number of rotatable bonds is 3. The van der Waals surface area contributed by atoms with Gasteiger partial charge in [-0.15, -0.1) is 0 Å². The summed E-state index contributed by atoms with van der Waals surface area (Å²) in [5.41, 5.74) is 7.44. The van der Waals surface area contributed by atoms with Gasteiger partial charge in [-0.3, -0.25) is 0 Å². The van der Waals surface area contributed by atoms with Gasteiger partial charge >= 0.3 is 6.09 Å². The van der Waals surface area contributed by atoms with Crippen LogP contribution in [0.15, 0.2) is 24.3 Å². The molecule has 0 bridgehead atoms. The Bertz CT molecular complexity index is 483. The highest BCUT2D eigenvalue weighted by Crippen LogP contribution is 2.24. The van der Waals surface area contributed by atoms with Crippen molar-refractivity contribution < 1.29 is 9.53 Å². The van der Waals surface area contributed by atoms with Crippen molar-refractivity contribution in [2.45, 2.75) is 52.1 Å². The predicted octanol–water partition coefficient (Wildman–Crippen LogP) is 3.85. The molecule has 1 heterocycles. The Morgan fingerprint density at radius 1 is 1.23 bits per heavy atom. The van der Waals surface area contributed by atoms with E-state index < -0.39 is 5.60 Å². The maximum atomic E-state index is 12.0. The topological polar surface area (TPSA) is 55.6 Å². The molecule has 2 rings (SSSR count). The number of carbonyl (C=O) groups is 1. The number of hydrogen-bond donors (Lipinski definition) is 1. The van der Waals surface area contributed by atoms with Crippen molar-refractivity contribution in [3.05, 3.63) is 29.8 Å². The fourth-order valence-electron chi connectivity index (χ4n) is 2.79. The van der Waals surface area contributed by atoms with Gasteiger partial charge in [0.05, 0.1) is 0 Å². The van der Waals surface area contributed by atoms with Crippen LogP contribution in [0.5, 0.6) is 0 Å². The van der Waals surface area contributed by atoms with Crippen LogP contribution < -0.4 is 5.73 Å². The number of hydrogen-bond acceptors (Lipinski definition) is 3. The molecule has 0 unspecified atom stereocenters. The number of nitrogens with two attached hydrogens (primary N) is 1. The predicted molar refractivity (Wildman–Crippen MR) is 89.7 cm³/mol. The SMILES string of the molecule is CC(C)(C)OC(=O)N1CCC(CCc2ccc(N)cc2)CC1. The van der Waals surface area contributed by atoms with Crippen LogP contribution in [0.2, 0.25) is 0 Å². The van der Waals surface area contributed by atoms with Crippen molar-refractivity contribution in [1.29, 1.82) is 0 Å². The molecule has 4 nitrogen and oxygen atoms in total. The van der Waals surface area contributed by atoms with Crippen LogP contribution in [0.1, 0.15) is 45.6 Å². The number of nitrogens with zero attached hydrogens (tertiary/aromatic N) is 1. The molecule has 1 fully saturated rings. The molecule has 1 aromatic rings. The lowest BCUT2D eigenvalue weighted by atomic mass is 9.90. The summed E-state index contributed by atoms with van der Waals surface area (Å²) in [7, 11) is 0. The van der Waals surface area contributed by atoms with Crippen LogP contribution in [0.25, 0.3) is 0 Å². The molecule has 1 aliphatic heterocycles. The number of nitrogen functional groups attached to an aromatic ring is 1. The minimum atomic E-state index is -0.414. The summed E-state index contributed by atoms with van der Waals surface area (Å²) in [6, 6.07) is 8.12.